The van der Waals surface area contributed by atoms with Crippen molar-refractivity contribution in [2.75, 3.05) is 46.4 Å². The highest BCUT2D eigenvalue weighted by Crippen LogP contribution is 2.45. The van der Waals surface area contributed by atoms with E-state index < -0.39 is 0 Å². The minimum absolute atomic E-state index is 0.917. The Labute approximate surface area is 166 Å². The molecule has 6 fully saturated rings. The second-order valence-corrected chi connectivity index (χ2v) is 11.1. The van der Waals surface area contributed by atoms with Crippen molar-refractivity contribution in [2.45, 2.75) is 82.0 Å². The van der Waals surface area contributed by atoms with Gasteiger partial charge in [-0.15, -0.1) is 0 Å². The minimum atomic E-state index is 0.917. The van der Waals surface area contributed by atoms with Crippen LogP contribution in [0.15, 0.2) is 0 Å². The van der Waals surface area contributed by atoms with Crippen molar-refractivity contribution < 1.29 is 0 Å². The molecule has 0 spiro atoms. The van der Waals surface area contributed by atoms with E-state index in [2.05, 4.69) is 26.6 Å². The van der Waals surface area contributed by atoms with Crippen LogP contribution in [0.2, 0.25) is 0 Å². The highest BCUT2D eigenvalue weighted by molar-refractivity contribution is 5.02. The maximum atomic E-state index is 2.96. The van der Waals surface area contributed by atoms with Crippen LogP contribution in [-0.2, 0) is 0 Å². The average Bonchev–Trinajstić information content (AvgIpc) is 3.41. The monoisotopic (exact) mass is 372 g/mol. The summed E-state index contributed by atoms with van der Waals surface area (Å²) in [6, 6.07) is 3.75. The summed E-state index contributed by atoms with van der Waals surface area (Å²) in [4.78, 5) is 11.3. The fourth-order valence-electron chi connectivity index (χ4n) is 8.34. The van der Waals surface area contributed by atoms with Gasteiger partial charge in [-0.3, -0.25) is 14.7 Å². The second kappa shape index (κ2) is 6.97. The quantitative estimate of drug-likeness (QED) is 0.736. The Balaban J connectivity index is 1.03. The number of rotatable bonds is 5. The second-order valence-electron chi connectivity index (χ2n) is 11.1. The zero-order valence-corrected chi connectivity index (χ0v) is 17.4. The smallest absolute Gasteiger partial charge is 0.0511 e. The van der Waals surface area contributed by atoms with E-state index >= 15 is 0 Å². The molecule has 6 heterocycles. The fourth-order valence-corrected chi connectivity index (χ4v) is 8.34. The lowest BCUT2D eigenvalue weighted by Crippen LogP contribution is -2.43. The van der Waals surface area contributed by atoms with E-state index in [0.29, 0.717) is 0 Å². The van der Waals surface area contributed by atoms with Gasteiger partial charge >= 0.3 is 0 Å². The van der Waals surface area contributed by atoms with E-state index in [1.807, 2.05) is 0 Å². The minimum Gasteiger partial charge on any atom is -0.306 e. The molecule has 4 heteroatoms. The first-order valence-corrected chi connectivity index (χ1v) is 12.2. The first kappa shape index (κ1) is 17.7. The summed E-state index contributed by atoms with van der Waals surface area (Å²) in [6.45, 7) is 8.12. The summed E-state index contributed by atoms with van der Waals surface area (Å²) in [5.74, 6) is 2.92. The van der Waals surface area contributed by atoms with Crippen molar-refractivity contribution in [3.63, 3.8) is 0 Å². The van der Waals surface area contributed by atoms with Gasteiger partial charge in [-0.25, -0.2) is 0 Å². The van der Waals surface area contributed by atoms with Crippen LogP contribution >= 0.6 is 0 Å². The number of hydrogen-bond donors (Lipinski definition) is 0. The van der Waals surface area contributed by atoms with Crippen molar-refractivity contribution in [1.82, 2.24) is 19.6 Å². The van der Waals surface area contributed by atoms with Crippen LogP contribution in [-0.4, -0.2) is 90.2 Å². The van der Waals surface area contributed by atoms with Gasteiger partial charge in [-0.05, 0) is 82.7 Å². The summed E-state index contributed by atoms with van der Waals surface area (Å²) in [5.41, 5.74) is 0. The topological polar surface area (TPSA) is 13.0 Å². The third kappa shape index (κ3) is 3.10. The molecule has 6 rings (SSSR count). The molecule has 4 nitrogen and oxygen atoms in total. The Morgan fingerprint density at radius 2 is 1.44 bits per heavy atom. The molecule has 7 atom stereocenters. The standard InChI is InChI=1S/C23H40N4/c1-24-12-18-14-25(15-19(18)13-24)16-27-22-7-8-23(27)17(11-22)9-10-26-20-3-2-4-21(26)6-5-20/h17-23H,2-16H2,1H3. The first-order valence-electron chi connectivity index (χ1n) is 12.2. The van der Waals surface area contributed by atoms with E-state index in [4.69, 9.17) is 0 Å². The molecule has 0 aromatic carbocycles. The van der Waals surface area contributed by atoms with Crippen molar-refractivity contribution >= 4 is 0 Å². The molecule has 6 saturated heterocycles. The van der Waals surface area contributed by atoms with Gasteiger partial charge in [0.25, 0.3) is 0 Å². The van der Waals surface area contributed by atoms with Crippen LogP contribution < -0.4 is 0 Å². The molecule has 6 aliphatic heterocycles. The van der Waals surface area contributed by atoms with E-state index in [0.717, 1.165) is 41.9 Å². The molecule has 0 saturated carbocycles. The van der Waals surface area contributed by atoms with E-state index in [-0.39, 0.29) is 0 Å². The van der Waals surface area contributed by atoms with Crippen LogP contribution in [0.1, 0.15) is 57.8 Å². The summed E-state index contributed by atoms with van der Waals surface area (Å²) in [6.07, 6.45) is 13.5. The molecular formula is C23H40N4. The third-order valence-electron chi connectivity index (χ3n) is 9.52. The molecule has 0 amide bonds. The molecule has 0 N–H and O–H groups in total. The Morgan fingerprint density at radius 1 is 0.741 bits per heavy atom. The predicted molar refractivity (Wildman–Crippen MR) is 110 cm³/mol. The zero-order chi connectivity index (χ0) is 18.0. The zero-order valence-electron chi connectivity index (χ0n) is 17.4. The number of hydrogen-bond acceptors (Lipinski definition) is 4. The molecule has 7 unspecified atom stereocenters. The molecular weight excluding hydrogens is 332 g/mol. The highest BCUT2D eigenvalue weighted by Gasteiger charge is 2.48. The third-order valence-corrected chi connectivity index (χ3v) is 9.52. The molecule has 27 heavy (non-hydrogen) atoms. The fraction of sp³-hybridized carbons (Fsp3) is 1.00. The average molecular weight is 373 g/mol. The molecule has 0 aromatic heterocycles. The SMILES string of the molecule is CN1CC2CN(CN3C4CCC3C(CCN3C5CCCC3CC5)C4)CC2C1. The first-order chi connectivity index (χ1) is 13.2. The number of nitrogens with zero attached hydrogens (tertiary/aromatic N) is 4. The van der Waals surface area contributed by atoms with Gasteiger partial charge in [0.05, 0.1) is 6.67 Å². The van der Waals surface area contributed by atoms with Crippen LogP contribution in [0.3, 0.4) is 0 Å². The van der Waals surface area contributed by atoms with Gasteiger partial charge in [0, 0.05) is 50.3 Å². The molecule has 6 aliphatic rings. The Morgan fingerprint density at radius 3 is 2.19 bits per heavy atom. The van der Waals surface area contributed by atoms with Crippen LogP contribution in [0.25, 0.3) is 0 Å². The largest absolute Gasteiger partial charge is 0.306 e. The van der Waals surface area contributed by atoms with Crippen molar-refractivity contribution in [1.29, 1.82) is 0 Å². The molecule has 152 valence electrons. The summed E-state index contributed by atoms with van der Waals surface area (Å²) >= 11 is 0. The number of piperidine rings is 1. The van der Waals surface area contributed by atoms with Crippen LogP contribution in [0.4, 0.5) is 0 Å². The maximum Gasteiger partial charge on any atom is 0.0511 e. The number of likely N-dealkylation sites (tertiary alicyclic amines) is 2. The Bertz CT molecular complexity index is 522. The van der Waals surface area contributed by atoms with Crippen LogP contribution in [0, 0.1) is 17.8 Å². The van der Waals surface area contributed by atoms with Gasteiger partial charge in [0.2, 0.25) is 0 Å². The van der Waals surface area contributed by atoms with Crippen molar-refractivity contribution in [3.8, 4) is 0 Å². The van der Waals surface area contributed by atoms with Crippen LogP contribution in [0.5, 0.6) is 0 Å². The molecule has 0 aliphatic carbocycles. The van der Waals surface area contributed by atoms with Gasteiger partial charge < -0.3 is 4.90 Å². The van der Waals surface area contributed by atoms with Gasteiger partial charge in [-0.2, -0.15) is 0 Å². The Kier molecular flexibility index (Phi) is 4.56. The summed E-state index contributed by atoms with van der Waals surface area (Å²) in [7, 11) is 2.31. The summed E-state index contributed by atoms with van der Waals surface area (Å²) in [5, 5.41) is 0. The molecule has 4 bridgehead atoms. The van der Waals surface area contributed by atoms with Crippen molar-refractivity contribution in [2.24, 2.45) is 17.8 Å². The van der Waals surface area contributed by atoms with Crippen molar-refractivity contribution in [3.05, 3.63) is 0 Å². The maximum absolute atomic E-state index is 2.96. The van der Waals surface area contributed by atoms with E-state index in [1.54, 1.807) is 0 Å². The summed E-state index contributed by atoms with van der Waals surface area (Å²) < 4.78 is 0. The lowest BCUT2D eigenvalue weighted by molar-refractivity contribution is 0.108. The van der Waals surface area contributed by atoms with Gasteiger partial charge in [-0.1, -0.05) is 6.42 Å². The lowest BCUT2D eigenvalue weighted by Gasteiger charge is -2.36. The normalized spacial score (nSPS) is 48.1. The Hall–Kier alpha value is -0.160. The van der Waals surface area contributed by atoms with Gasteiger partial charge in [0.15, 0.2) is 0 Å². The van der Waals surface area contributed by atoms with E-state index in [1.165, 1.54) is 97.2 Å². The van der Waals surface area contributed by atoms with Gasteiger partial charge in [0.1, 0.15) is 0 Å². The predicted octanol–water partition coefficient (Wildman–Crippen LogP) is 2.70. The molecule has 0 aromatic rings. The molecule has 0 radical (unpaired) electrons. The van der Waals surface area contributed by atoms with E-state index in [9.17, 15) is 0 Å². The highest BCUT2D eigenvalue weighted by atomic mass is 15.4. The lowest BCUT2D eigenvalue weighted by atomic mass is 9.86. The number of fused-ring (bicyclic) bond motifs is 5.